The number of carbonyl (C=O) groups is 1. The van der Waals surface area contributed by atoms with Crippen LogP contribution in [0.1, 0.15) is 0 Å². The summed E-state index contributed by atoms with van der Waals surface area (Å²) in [5, 5.41) is 2.43. The van der Waals surface area contributed by atoms with Crippen LogP contribution < -0.4 is 10.1 Å². The van der Waals surface area contributed by atoms with E-state index in [4.69, 9.17) is 9.73 Å². The summed E-state index contributed by atoms with van der Waals surface area (Å²) < 4.78 is 5.47. The number of hydrogen-bond acceptors (Lipinski definition) is 4. The molecule has 0 amide bonds. The molecular formula is C20H22N2O2Si. The van der Waals surface area contributed by atoms with Crippen LogP contribution in [0.25, 0.3) is 0 Å². The maximum atomic E-state index is 12.0. The lowest BCUT2D eigenvalue weighted by atomic mass is 10.1. The Hall–Kier alpha value is -2.24. The molecule has 1 aliphatic carbocycles. The van der Waals surface area contributed by atoms with E-state index in [2.05, 4.69) is 36.2 Å². The van der Waals surface area contributed by atoms with E-state index in [0.29, 0.717) is 0 Å². The van der Waals surface area contributed by atoms with Crippen molar-refractivity contribution in [1.29, 1.82) is 0 Å². The number of nitrogens with zero attached hydrogens (tertiary/aromatic N) is 2. The molecule has 2 heterocycles. The standard InChI is InChI=1S/C20H22N2O2Si/c1-3-12-25(2)19-13-15(22-8-10-24-11-9-22)4-6-17(19)21-18-7-5-16(23)14-20(18)25/h3-7,13-14H,1,8-12H2,2H3. The summed E-state index contributed by atoms with van der Waals surface area (Å²) in [5.41, 5.74) is 3.21. The lowest BCUT2D eigenvalue weighted by Crippen LogP contribution is -2.52. The fourth-order valence-corrected chi connectivity index (χ4v) is 7.56. The molecule has 25 heavy (non-hydrogen) atoms. The minimum atomic E-state index is -2.07. The third-order valence-corrected chi connectivity index (χ3v) is 9.59. The topological polar surface area (TPSA) is 41.9 Å². The van der Waals surface area contributed by atoms with Gasteiger partial charge in [-0.1, -0.05) is 12.6 Å². The summed E-state index contributed by atoms with van der Waals surface area (Å²) in [6.45, 7) is 9.67. The van der Waals surface area contributed by atoms with Crippen molar-refractivity contribution in [2.45, 2.75) is 12.6 Å². The van der Waals surface area contributed by atoms with Gasteiger partial charge >= 0.3 is 0 Å². The molecule has 1 unspecified atom stereocenters. The molecule has 4 nitrogen and oxygen atoms in total. The van der Waals surface area contributed by atoms with Crippen molar-refractivity contribution in [2.75, 3.05) is 31.2 Å². The molecular weight excluding hydrogens is 328 g/mol. The van der Waals surface area contributed by atoms with E-state index in [1.54, 1.807) is 12.2 Å². The molecule has 0 spiro atoms. The summed E-state index contributed by atoms with van der Waals surface area (Å²) >= 11 is 0. The highest BCUT2D eigenvalue weighted by Crippen LogP contribution is 2.34. The number of rotatable bonds is 3. The third-order valence-electron chi connectivity index (χ3n) is 5.31. The highest BCUT2D eigenvalue weighted by Gasteiger charge is 2.41. The average molecular weight is 350 g/mol. The number of ether oxygens (including phenoxy) is 1. The monoisotopic (exact) mass is 350 g/mol. The predicted octanol–water partition coefficient (Wildman–Crippen LogP) is 2.69. The molecule has 0 bridgehead atoms. The van der Waals surface area contributed by atoms with Crippen molar-refractivity contribution >= 4 is 36.1 Å². The summed E-state index contributed by atoms with van der Waals surface area (Å²) in [7, 11) is -2.07. The van der Waals surface area contributed by atoms with Gasteiger partial charge in [0.25, 0.3) is 0 Å². The SMILES string of the molecule is C=CC[Si]1(C)C2=CC(=O)C=CC2=Nc2ccc(N3CCOCC3)cc21. The second-order valence-electron chi connectivity index (χ2n) is 6.92. The average Bonchev–Trinajstić information content (AvgIpc) is 2.64. The minimum Gasteiger partial charge on any atom is -0.378 e. The number of fused-ring (bicyclic) bond motifs is 2. The van der Waals surface area contributed by atoms with Crippen LogP contribution in [0.15, 0.2) is 59.3 Å². The molecule has 1 atom stereocenters. The van der Waals surface area contributed by atoms with Gasteiger partial charge in [0.05, 0.1) is 24.6 Å². The van der Waals surface area contributed by atoms with Crippen LogP contribution in [0.5, 0.6) is 0 Å². The van der Waals surface area contributed by atoms with Crippen LogP contribution >= 0.6 is 0 Å². The van der Waals surface area contributed by atoms with Gasteiger partial charge in [-0.2, -0.15) is 0 Å². The molecule has 0 saturated carbocycles. The van der Waals surface area contributed by atoms with Gasteiger partial charge in [0.2, 0.25) is 0 Å². The molecule has 1 aromatic carbocycles. The van der Waals surface area contributed by atoms with Crippen LogP contribution in [0.3, 0.4) is 0 Å². The van der Waals surface area contributed by atoms with E-state index < -0.39 is 8.07 Å². The second-order valence-corrected chi connectivity index (χ2v) is 11.1. The number of allylic oxidation sites excluding steroid dienone is 5. The van der Waals surface area contributed by atoms with E-state index in [1.165, 1.54) is 10.9 Å². The number of ketones is 1. The molecule has 5 heteroatoms. The molecule has 3 aliphatic rings. The Morgan fingerprint density at radius 2 is 2.12 bits per heavy atom. The Bertz CT molecular complexity index is 834. The number of carbonyl (C=O) groups excluding carboxylic acids is 1. The normalized spacial score (nSPS) is 25.0. The fraction of sp³-hybridized carbons (Fsp3) is 0.300. The number of benzene rings is 1. The summed E-state index contributed by atoms with van der Waals surface area (Å²) in [6, 6.07) is 7.48. The van der Waals surface area contributed by atoms with Crippen LogP contribution in [0.4, 0.5) is 11.4 Å². The van der Waals surface area contributed by atoms with Crippen LogP contribution in [-0.2, 0) is 9.53 Å². The number of aliphatic imine (C=N–C) groups is 1. The van der Waals surface area contributed by atoms with Gasteiger partial charge in [0.15, 0.2) is 5.78 Å². The first-order chi connectivity index (χ1) is 12.1. The molecule has 1 saturated heterocycles. The largest absolute Gasteiger partial charge is 0.378 e. The zero-order chi connectivity index (χ0) is 17.4. The van der Waals surface area contributed by atoms with Crippen LogP contribution in [-0.4, -0.2) is 45.9 Å². The molecule has 0 aromatic heterocycles. The highest BCUT2D eigenvalue weighted by atomic mass is 28.3. The Labute approximate surface area is 149 Å². The van der Waals surface area contributed by atoms with E-state index in [-0.39, 0.29) is 5.78 Å². The Morgan fingerprint density at radius 1 is 1.32 bits per heavy atom. The van der Waals surface area contributed by atoms with E-state index in [0.717, 1.165) is 48.9 Å². The van der Waals surface area contributed by atoms with E-state index in [1.807, 2.05) is 12.2 Å². The third kappa shape index (κ3) is 2.73. The van der Waals surface area contributed by atoms with Crippen molar-refractivity contribution in [3.8, 4) is 0 Å². The zero-order valence-electron chi connectivity index (χ0n) is 14.5. The van der Waals surface area contributed by atoms with Crippen molar-refractivity contribution in [2.24, 2.45) is 4.99 Å². The Kier molecular flexibility index (Phi) is 4.05. The smallest absolute Gasteiger partial charge is 0.178 e. The second kappa shape index (κ2) is 6.24. The first-order valence-electron chi connectivity index (χ1n) is 8.73. The van der Waals surface area contributed by atoms with Gasteiger partial charge in [0.1, 0.15) is 8.07 Å². The lowest BCUT2D eigenvalue weighted by molar-refractivity contribution is -0.110. The predicted molar refractivity (Wildman–Crippen MR) is 105 cm³/mol. The number of hydrogen-bond donors (Lipinski definition) is 0. The van der Waals surface area contributed by atoms with E-state index in [9.17, 15) is 4.79 Å². The molecule has 0 radical (unpaired) electrons. The molecule has 1 fully saturated rings. The van der Waals surface area contributed by atoms with Gasteiger partial charge in [-0.15, -0.1) is 6.58 Å². The summed E-state index contributed by atoms with van der Waals surface area (Å²) in [4.78, 5) is 19.2. The molecule has 4 rings (SSSR count). The molecule has 0 N–H and O–H groups in total. The van der Waals surface area contributed by atoms with Gasteiger partial charge in [-0.25, -0.2) is 4.99 Å². The first-order valence-corrected chi connectivity index (χ1v) is 11.4. The zero-order valence-corrected chi connectivity index (χ0v) is 15.5. The van der Waals surface area contributed by atoms with Crippen LogP contribution in [0.2, 0.25) is 12.6 Å². The minimum absolute atomic E-state index is 0.0597. The number of anilines is 1. The highest BCUT2D eigenvalue weighted by molar-refractivity contribution is 7.02. The van der Waals surface area contributed by atoms with E-state index >= 15 is 0 Å². The lowest BCUT2D eigenvalue weighted by Gasteiger charge is -2.37. The van der Waals surface area contributed by atoms with Gasteiger partial charge in [0, 0.05) is 18.8 Å². The molecule has 128 valence electrons. The maximum absolute atomic E-state index is 12.0. The van der Waals surface area contributed by atoms with Gasteiger partial charge < -0.3 is 9.64 Å². The molecule has 2 aliphatic heterocycles. The van der Waals surface area contributed by atoms with Gasteiger partial charge in [-0.3, -0.25) is 4.79 Å². The quantitative estimate of drug-likeness (QED) is 0.478. The summed E-state index contributed by atoms with van der Waals surface area (Å²) in [5.74, 6) is 0.0597. The van der Waals surface area contributed by atoms with Crippen molar-refractivity contribution in [3.05, 3.63) is 54.3 Å². The van der Waals surface area contributed by atoms with Crippen molar-refractivity contribution in [3.63, 3.8) is 0 Å². The first kappa shape index (κ1) is 16.2. The Morgan fingerprint density at radius 3 is 2.88 bits per heavy atom. The number of morpholine rings is 1. The van der Waals surface area contributed by atoms with Gasteiger partial charge in [-0.05, 0) is 52.9 Å². The van der Waals surface area contributed by atoms with Crippen molar-refractivity contribution < 1.29 is 9.53 Å². The Balaban J connectivity index is 1.85. The van der Waals surface area contributed by atoms with Crippen LogP contribution in [0, 0.1) is 0 Å². The summed E-state index contributed by atoms with van der Waals surface area (Å²) in [6.07, 6.45) is 7.26. The van der Waals surface area contributed by atoms with Crippen molar-refractivity contribution in [1.82, 2.24) is 0 Å². The molecule has 1 aromatic rings. The maximum Gasteiger partial charge on any atom is 0.178 e. The fourth-order valence-electron chi connectivity index (χ4n) is 3.92.